The molecule has 1 N–H and O–H groups in total. The van der Waals surface area contributed by atoms with Crippen LogP contribution in [0.1, 0.15) is 18.4 Å². The molecule has 2 rings (SSSR count). The van der Waals surface area contributed by atoms with Gasteiger partial charge in [0.05, 0.1) is 0 Å². The first-order valence-electron chi connectivity index (χ1n) is 6.47. The van der Waals surface area contributed by atoms with Gasteiger partial charge in [0.2, 0.25) is 0 Å². The van der Waals surface area contributed by atoms with Gasteiger partial charge in [-0.05, 0) is 18.4 Å². The Morgan fingerprint density at radius 1 is 1.35 bits per heavy atom. The Morgan fingerprint density at radius 2 is 2.10 bits per heavy atom. The van der Waals surface area contributed by atoms with Gasteiger partial charge in [0.15, 0.2) is 0 Å². The van der Waals surface area contributed by atoms with Crippen molar-refractivity contribution in [2.75, 3.05) is 13.2 Å². The molecule has 0 bridgehead atoms. The lowest BCUT2D eigenvalue weighted by molar-refractivity contribution is -0.140. The molecule has 0 saturated carbocycles. The van der Waals surface area contributed by atoms with Crippen molar-refractivity contribution in [1.82, 2.24) is 4.90 Å². The molecule has 0 spiro atoms. The van der Waals surface area contributed by atoms with Crippen molar-refractivity contribution in [2.45, 2.75) is 25.7 Å². The number of aliphatic carboxylic acids is 1. The van der Waals surface area contributed by atoms with Crippen molar-refractivity contribution in [3.63, 3.8) is 0 Å². The lowest BCUT2D eigenvalue weighted by Crippen LogP contribution is -2.43. The van der Waals surface area contributed by atoms with Crippen molar-refractivity contribution in [1.29, 1.82) is 0 Å². The fraction of sp³-hybridized carbons (Fsp3) is 0.429. The summed E-state index contributed by atoms with van der Waals surface area (Å²) in [5, 5.41) is 8.87. The van der Waals surface area contributed by atoms with Crippen molar-refractivity contribution in [3.05, 3.63) is 35.9 Å². The highest BCUT2D eigenvalue weighted by Gasteiger charge is 2.30. The summed E-state index contributed by atoms with van der Waals surface area (Å²) in [7, 11) is 0. The molecule has 1 aliphatic heterocycles. The lowest BCUT2D eigenvalue weighted by atomic mass is 10.2. The number of carboxylic acids is 1. The smallest absolute Gasteiger partial charge is 0.412 e. The summed E-state index contributed by atoms with van der Waals surface area (Å²) in [4.78, 5) is 24.0. The third kappa shape index (κ3) is 3.96. The second kappa shape index (κ2) is 6.91. The van der Waals surface area contributed by atoms with E-state index in [1.165, 1.54) is 0 Å². The molecule has 1 amide bonds. The zero-order chi connectivity index (χ0) is 14.4. The summed E-state index contributed by atoms with van der Waals surface area (Å²) in [6.45, 7) is 0.230. The molecule has 108 valence electrons. The summed E-state index contributed by atoms with van der Waals surface area (Å²) in [6, 6.07) is 9.23. The van der Waals surface area contributed by atoms with E-state index in [0.29, 0.717) is 13.0 Å². The number of benzene rings is 1. The minimum Gasteiger partial charge on any atom is -0.480 e. The van der Waals surface area contributed by atoms with Gasteiger partial charge in [0.25, 0.3) is 0 Å². The quantitative estimate of drug-likeness (QED) is 0.890. The van der Waals surface area contributed by atoms with E-state index in [2.05, 4.69) is 0 Å². The Labute approximate surface area is 116 Å². The van der Waals surface area contributed by atoms with E-state index in [1.807, 2.05) is 30.3 Å². The molecule has 1 saturated heterocycles. The second-order valence-corrected chi connectivity index (χ2v) is 4.53. The summed E-state index contributed by atoms with van der Waals surface area (Å²) in [5.41, 5.74) is 0.850. The van der Waals surface area contributed by atoms with Crippen LogP contribution in [0.25, 0.3) is 0 Å². The van der Waals surface area contributed by atoms with E-state index >= 15 is 0 Å². The monoisotopic (exact) mass is 279 g/mol. The van der Waals surface area contributed by atoms with Gasteiger partial charge in [-0.2, -0.15) is 0 Å². The third-order valence-electron chi connectivity index (χ3n) is 3.00. The van der Waals surface area contributed by atoms with Gasteiger partial charge in [-0.25, -0.2) is 4.79 Å². The number of rotatable bonds is 5. The topological polar surface area (TPSA) is 76.1 Å². The van der Waals surface area contributed by atoms with Gasteiger partial charge in [-0.1, -0.05) is 30.3 Å². The minimum absolute atomic E-state index is 0.114. The van der Waals surface area contributed by atoms with Crippen LogP contribution in [0.3, 0.4) is 0 Å². The number of nitrogens with zero attached hydrogens (tertiary/aromatic N) is 1. The van der Waals surface area contributed by atoms with Crippen LogP contribution in [0.5, 0.6) is 0 Å². The number of carbonyl (C=O) groups is 2. The summed E-state index contributed by atoms with van der Waals surface area (Å²) < 4.78 is 10.5. The van der Waals surface area contributed by atoms with E-state index in [1.54, 1.807) is 0 Å². The molecule has 6 heteroatoms. The molecule has 0 aromatic heterocycles. The molecule has 1 aromatic carbocycles. The Balaban J connectivity index is 1.93. The largest absolute Gasteiger partial charge is 0.480 e. The summed E-state index contributed by atoms with van der Waals surface area (Å²) >= 11 is 0. The van der Waals surface area contributed by atoms with Crippen molar-refractivity contribution >= 4 is 12.1 Å². The molecule has 1 atom stereocenters. The second-order valence-electron chi connectivity index (χ2n) is 4.53. The van der Waals surface area contributed by atoms with Crippen LogP contribution in [0.15, 0.2) is 30.3 Å². The van der Waals surface area contributed by atoms with Gasteiger partial charge in [-0.15, -0.1) is 0 Å². The Hall–Kier alpha value is -2.08. The first-order chi connectivity index (χ1) is 9.66. The molecule has 1 unspecified atom stereocenters. The van der Waals surface area contributed by atoms with E-state index in [-0.39, 0.29) is 6.61 Å². The summed E-state index contributed by atoms with van der Waals surface area (Å²) in [6.07, 6.45) is 0.276. The predicted molar refractivity (Wildman–Crippen MR) is 69.9 cm³/mol. The molecular formula is C14H17NO5. The van der Waals surface area contributed by atoms with Crippen LogP contribution in [-0.4, -0.2) is 41.4 Å². The number of hydrogen-bond donors (Lipinski definition) is 1. The minimum atomic E-state index is -1.09. The van der Waals surface area contributed by atoms with Gasteiger partial charge in [0.1, 0.15) is 19.4 Å². The number of carbonyl (C=O) groups excluding carboxylic acids is 1. The van der Waals surface area contributed by atoms with E-state index in [9.17, 15) is 9.59 Å². The molecule has 6 nitrogen and oxygen atoms in total. The lowest BCUT2D eigenvalue weighted by Gasteiger charge is -2.25. The van der Waals surface area contributed by atoms with Crippen LogP contribution in [0, 0.1) is 0 Å². The standard InChI is InChI=1S/C14H17NO5/c16-13(17)9-15(12-7-4-8-19-12)14(18)20-10-11-5-2-1-3-6-11/h1-3,5-6,12H,4,7-10H2,(H,16,17). The Bertz CT molecular complexity index is 456. The maximum atomic E-state index is 12.0. The van der Waals surface area contributed by atoms with Crippen LogP contribution >= 0.6 is 0 Å². The van der Waals surface area contributed by atoms with E-state index in [4.69, 9.17) is 14.6 Å². The van der Waals surface area contributed by atoms with Gasteiger partial charge < -0.3 is 14.6 Å². The number of hydrogen-bond acceptors (Lipinski definition) is 4. The van der Waals surface area contributed by atoms with E-state index < -0.39 is 24.8 Å². The molecule has 1 heterocycles. The number of ether oxygens (including phenoxy) is 2. The number of amides is 1. The average molecular weight is 279 g/mol. The number of carboxylic acid groups (broad SMARTS) is 1. The van der Waals surface area contributed by atoms with Gasteiger partial charge in [0, 0.05) is 6.61 Å². The average Bonchev–Trinajstić information content (AvgIpc) is 2.97. The molecule has 0 radical (unpaired) electrons. The van der Waals surface area contributed by atoms with Crippen molar-refractivity contribution < 1.29 is 24.2 Å². The predicted octanol–water partition coefficient (Wildman–Crippen LogP) is 1.85. The van der Waals surface area contributed by atoms with Gasteiger partial charge in [-0.3, -0.25) is 9.69 Å². The maximum Gasteiger partial charge on any atom is 0.412 e. The SMILES string of the molecule is O=C(O)CN(C(=O)OCc1ccccc1)C1CCCO1. The molecule has 1 fully saturated rings. The molecule has 1 aliphatic rings. The van der Waals surface area contributed by atoms with Crippen molar-refractivity contribution in [3.8, 4) is 0 Å². The molecule has 0 aliphatic carbocycles. The normalized spacial score (nSPS) is 17.7. The molecule has 1 aromatic rings. The Kier molecular flexibility index (Phi) is 4.95. The highest BCUT2D eigenvalue weighted by molar-refractivity contribution is 5.76. The summed E-state index contributed by atoms with van der Waals surface area (Å²) in [5.74, 6) is -1.09. The fourth-order valence-corrected chi connectivity index (χ4v) is 2.04. The van der Waals surface area contributed by atoms with Crippen LogP contribution in [0.2, 0.25) is 0 Å². The van der Waals surface area contributed by atoms with Crippen LogP contribution in [0.4, 0.5) is 4.79 Å². The van der Waals surface area contributed by atoms with Gasteiger partial charge >= 0.3 is 12.1 Å². The fourth-order valence-electron chi connectivity index (χ4n) is 2.04. The first-order valence-corrected chi connectivity index (χ1v) is 6.47. The zero-order valence-electron chi connectivity index (χ0n) is 11.0. The highest BCUT2D eigenvalue weighted by Crippen LogP contribution is 2.17. The first kappa shape index (κ1) is 14.3. The molecule has 20 heavy (non-hydrogen) atoms. The van der Waals surface area contributed by atoms with E-state index in [0.717, 1.165) is 16.9 Å². The van der Waals surface area contributed by atoms with Crippen molar-refractivity contribution in [2.24, 2.45) is 0 Å². The Morgan fingerprint density at radius 3 is 2.70 bits per heavy atom. The maximum absolute atomic E-state index is 12.0. The molecular weight excluding hydrogens is 262 g/mol. The third-order valence-corrected chi connectivity index (χ3v) is 3.00. The van der Waals surface area contributed by atoms with Crippen LogP contribution in [-0.2, 0) is 20.9 Å². The highest BCUT2D eigenvalue weighted by atomic mass is 16.6. The zero-order valence-corrected chi connectivity index (χ0v) is 11.0. The van der Waals surface area contributed by atoms with Crippen LogP contribution < -0.4 is 0 Å².